The van der Waals surface area contributed by atoms with Gasteiger partial charge in [-0.15, -0.1) is 11.3 Å². The molecule has 1 amide bonds. The summed E-state index contributed by atoms with van der Waals surface area (Å²) in [7, 11) is -3.38. The molecule has 0 saturated carbocycles. The number of hydrogen-bond acceptors (Lipinski definition) is 4. The highest BCUT2D eigenvalue weighted by Gasteiger charge is 2.29. The highest BCUT2D eigenvalue weighted by molar-refractivity contribution is 7.91. The van der Waals surface area contributed by atoms with E-state index in [1.165, 1.54) is 22.6 Å². The van der Waals surface area contributed by atoms with Crippen LogP contribution in [0.3, 0.4) is 0 Å². The van der Waals surface area contributed by atoms with Gasteiger partial charge in [-0.2, -0.15) is 4.31 Å². The third-order valence-electron chi connectivity index (χ3n) is 2.99. The van der Waals surface area contributed by atoms with Gasteiger partial charge < -0.3 is 4.90 Å². The van der Waals surface area contributed by atoms with Gasteiger partial charge in [0.05, 0.1) is 0 Å². The van der Waals surface area contributed by atoms with Crippen molar-refractivity contribution in [2.24, 2.45) is 0 Å². The number of amides is 1. The quantitative estimate of drug-likeness (QED) is 0.813. The molecule has 0 spiro atoms. The predicted octanol–water partition coefficient (Wildman–Crippen LogP) is 0.909. The maximum atomic E-state index is 12.3. The van der Waals surface area contributed by atoms with E-state index in [2.05, 4.69) is 0 Å². The van der Waals surface area contributed by atoms with E-state index in [9.17, 15) is 13.2 Å². The number of hydrogen-bond donors (Lipinski definition) is 0. The molecule has 0 atom stereocenters. The van der Waals surface area contributed by atoms with E-state index in [1.807, 2.05) is 13.0 Å². The first-order valence-corrected chi connectivity index (χ1v) is 7.99. The van der Waals surface area contributed by atoms with Crippen molar-refractivity contribution in [3.8, 4) is 0 Å². The topological polar surface area (TPSA) is 57.7 Å². The Hall–Kier alpha value is -0.920. The molecule has 0 unspecified atom stereocenters. The Bertz CT molecular complexity index is 542. The van der Waals surface area contributed by atoms with Gasteiger partial charge in [-0.25, -0.2) is 8.42 Å². The molecule has 5 nitrogen and oxygen atoms in total. The van der Waals surface area contributed by atoms with E-state index in [-0.39, 0.29) is 5.91 Å². The van der Waals surface area contributed by atoms with Crippen LogP contribution >= 0.6 is 11.3 Å². The fourth-order valence-corrected chi connectivity index (χ4v) is 4.78. The van der Waals surface area contributed by atoms with Crippen LogP contribution in [0.15, 0.2) is 16.3 Å². The first-order valence-electron chi connectivity index (χ1n) is 5.73. The van der Waals surface area contributed by atoms with Crippen LogP contribution < -0.4 is 0 Å². The van der Waals surface area contributed by atoms with Crippen molar-refractivity contribution in [2.75, 3.05) is 26.2 Å². The van der Waals surface area contributed by atoms with Crippen molar-refractivity contribution >= 4 is 27.3 Å². The number of carbonyl (C=O) groups is 1. The second-order valence-electron chi connectivity index (χ2n) is 4.28. The lowest BCUT2D eigenvalue weighted by atomic mass is 10.3. The van der Waals surface area contributed by atoms with Crippen molar-refractivity contribution < 1.29 is 13.2 Å². The van der Waals surface area contributed by atoms with Crippen LogP contribution in [-0.2, 0) is 14.8 Å². The smallest absolute Gasteiger partial charge is 0.252 e. The van der Waals surface area contributed by atoms with Gasteiger partial charge in [-0.3, -0.25) is 4.79 Å². The average molecular weight is 288 g/mol. The number of aryl methyl sites for hydroxylation is 1. The Balaban J connectivity index is 2.12. The zero-order chi connectivity index (χ0) is 13.3. The molecular weight excluding hydrogens is 272 g/mol. The van der Waals surface area contributed by atoms with Crippen molar-refractivity contribution in [3.05, 3.63) is 17.0 Å². The summed E-state index contributed by atoms with van der Waals surface area (Å²) < 4.78 is 26.5. The van der Waals surface area contributed by atoms with Gasteiger partial charge in [0.15, 0.2) is 0 Å². The second kappa shape index (κ2) is 4.99. The van der Waals surface area contributed by atoms with Gasteiger partial charge in [0.2, 0.25) is 5.91 Å². The van der Waals surface area contributed by atoms with E-state index in [1.54, 1.807) is 11.0 Å². The summed E-state index contributed by atoms with van der Waals surface area (Å²) in [4.78, 5) is 13.8. The Morgan fingerprint density at radius 3 is 2.28 bits per heavy atom. The van der Waals surface area contributed by atoms with Crippen LogP contribution in [0.25, 0.3) is 0 Å². The van der Waals surface area contributed by atoms with Gasteiger partial charge in [0.1, 0.15) is 4.21 Å². The average Bonchev–Trinajstić information content (AvgIpc) is 2.76. The number of nitrogens with zero attached hydrogens (tertiary/aromatic N) is 2. The van der Waals surface area contributed by atoms with Crippen molar-refractivity contribution in [3.63, 3.8) is 0 Å². The molecule has 1 aromatic rings. The van der Waals surface area contributed by atoms with Crippen molar-refractivity contribution in [2.45, 2.75) is 18.1 Å². The summed E-state index contributed by atoms with van der Waals surface area (Å²) in [5.41, 5.74) is 0. The van der Waals surface area contributed by atoms with Crippen LogP contribution in [0.4, 0.5) is 0 Å². The molecule has 1 aromatic heterocycles. The number of thiophene rings is 1. The lowest BCUT2D eigenvalue weighted by Crippen LogP contribution is -2.49. The summed E-state index contributed by atoms with van der Waals surface area (Å²) in [6, 6.07) is 3.45. The first-order chi connectivity index (χ1) is 8.41. The van der Waals surface area contributed by atoms with Gasteiger partial charge in [0.25, 0.3) is 10.0 Å². The minimum Gasteiger partial charge on any atom is -0.340 e. The maximum absolute atomic E-state index is 12.3. The Labute approximate surface area is 111 Å². The van der Waals surface area contributed by atoms with E-state index >= 15 is 0 Å². The molecule has 7 heteroatoms. The Morgan fingerprint density at radius 1 is 1.22 bits per heavy atom. The zero-order valence-corrected chi connectivity index (χ0v) is 12.1. The van der Waals surface area contributed by atoms with Crippen molar-refractivity contribution in [1.29, 1.82) is 0 Å². The summed E-state index contributed by atoms with van der Waals surface area (Å²) in [6.07, 6.45) is 0. The second-order valence-corrected chi connectivity index (χ2v) is 7.73. The summed E-state index contributed by atoms with van der Waals surface area (Å²) in [5.74, 6) is -0.000911. The molecule has 0 bridgehead atoms. The van der Waals surface area contributed by atoms with Crippen LogP contribution in [0.1, 0.15) is 11.8 Å². The van der Waals surface area contributed by atoms with Crippen LogP contribution in [0, 0.1) is 6.92 Å². The minimum atomic E-state index is -3.38. The van der Waals surface area contributed by atoms with Gasteiger partial charge >= 0.3 is 0 Å². The number of carbonyl (C=O) groups excluding carboxylic acids is 1. The molecule has 1 aliphatic heterocycles. The van der Waals surface area contributed by atoms with Gasteiger partial charge in [0, 0.05) is 38.0 Å². The van der Waals surface area contributed by atoms with Crippen LogP contribution in [-0.4, -0.2) is 49.7 Å². The van der Waals surface area contributed by atoms with E-state index in [0.29, 0.717) is 30.4 Å². The van der Waals surface area contributed by atoms with E-state index in [0.717, 1.165) is 4.88 Å². The summed E-state index contributed by atoms with van der Waals surface area (Å²) in [5, 5.41) is 0. The maximum Gasteiger partial charge on any atom is 0.252 e. The monoisotopic (exact) mass is 288 g/mol. The zero-order valence-electron chi connectivity index (χ0n) is 10.4. The normalized spacial score (nSPS) is 18.0. The van der Waals surface area contributed by atoms with Gasteiger partial charge in [-0.1, -0.05) is 0 Å². The summed E-state index contributed by atoms with van der Waals surface area (Å²) >= 11 is 1.29. The molecular formula is C11H16N2O3S2. The van der Waals surface area contributed by atoms with Gasteiger partial charge in [-0.05, 0) is 19.1 Å². The van der Waals surface area contributed by atoms with E-state index in [4.69, 9.17) is 0 Å². The minimum absolute atomic E-state index is 0.000911. The number of sulfonamides is 1. The molecule has 2 heterocycles. The molecule has 18 heavy (non-hydrogen) atoms. The molecule has 0 aromatic carbocycles. The largest absolute Gasteiger partial charge is 0.340 e. The van der Waals surface area contributed by atoms with Crippen molar-refractivity contribution in [1.82, 2.24) is 9.21 Å². The molecule has 1 fully saturated rings. The molecule has 2 rings (SSSR count). The molecule has 1 aliphatic rings. The van der Waals surface area contributed by atoms with Crippen LogP contribution in [0.5, 0.6) is 0 Å². The standard InChI is InChI=1S/C11H16N2O3S2/c1-9-3-4-11(17-9)18(15,16)13-7-5-12(6-8-13)10(2)14/h3-4H,5-8H2,1-2H3. The molecule has 0 aliphatic carbocycles. The fourth-order valence-electron chi connectivity index (χ4n) is 1.92. The third kappa shape index (κ3) is 2.57. The van der Waals surface area contributed by atoms with Crippen LogP contribution in [0.2, 0.25) is 0 Å². The number of rotatable bonds is 2. The summed E-state index contributed by atoms with van der Waals surface area (Å²) in [6.45, 7) is 5.08. The first kappa shape index (κ1) is 13.5. The third-order valence-corrected chi connectivity index (χ3v) is 6.36. The molecule has 0 N–H and O–H groups in total. The SMILES string of the molecule is CC(=O)N1CCN(S(=O)(=O)c2ccc(C)s2)CC1. The molecule has 100 valence electrons. The highest BCUT2D eigenvalue weighted by atomic mass is 32.2. The molecule has 0 radical (unpaired) electrons. The predicted molar refractivity (Wildman–Crippen MR) is 70.1 cm³/mol. The highest BCUT2D eigenvalue weighted by Crippen LogP contribution is 2.25. The lowest BCUT2D eigenvalue weighted by molar-refractivity contribution is -0.129. The Kier molecular flexibility index (Phi) is 3.74. The lowest BCUT2D eigenvalue weighted by Gasteiger charge is -2.33. The number of piperazine rings is 1. The molecule has 1 saturated heterocycles. The Morgan fingerprint density at radius 2 is 1.83 bits per heavy atom. The fraction of sp³-hybridized carbons (Fsp3) is 0.545. The van der Waals surface area contributed by atoms with E-state index < -0.39 is 10.0 Å².